The smallest absolute Gasteiger partial charge is 0.251 e. The van der Waals surface area contributed by atoms with Crippen LogP contribution in [0.5, 0.6) is 0 Å². The molecule has 0 atom stereocenters. The number of halogens is 2. The van der Waals surface area contributed by atoms with Crippen LogP contribution >= 0.6 is 31.9 Å². The molecule has 0 aromatic heterocycles. The molecule has 1 aliphatic carbocycles. The van der Waals surface area contributed by atoms with Gasteiger partial charge in [-0.2, -0.15) is 0 Å². The maximum absolute atomic E-state index is 11.9. The van der Waals surface area contributed by atoms with Crippen LogP contribution in [0.25, 0.3) is 0 Å². The van der Waals surface area contributed by atoms with Crippen molar-refractivity contribution in [2.75, 3.05) is 0 Å². The van der Waals surface area contributed by atoms with Gasteiger partial charge in [-0.05, 0) is 37.0 Å². The number of benzene rings is 1. The van der Waals surface area contributed by atoms with Gasteiger partial charge < -0.3 is 5.32 Å². The molecule has 16 heavy (non-hydrogen) atoms. The van der Waals surface area contributed by atoms with Gasteiger partial charge in [-0.25, -0.2) is 0 Å². The molecule has 1 aromatic rings. The standard InChI is InChI=1S/C12H13Br2NO/c1-7-2-11(3-7)15-12(16)8-4-9(13)6-10(14)5-8/h4-7,11H,2-3H2,1H3,(H,15,16). The Morgan fingerprint density at radius 2 is 1.81 bits per heavy atom. The van der Waals surface area contributed by atoms with E-state index in [1.807, 2.05) is 18.2 Å². The number of hydrogen-bond acceptors (Lipinski definition) is 1. The minimum absolute atomic E-state index is 0.0129. The Labute approximate surface area is 112 Å². The van der Waals surface area contributed by atoms with E-state index < -0.39 is 0 Å². The Balaban J connectivity index is 2.03. The van der Waals surface area contributed by atoms with Gasteiger partial charge in [0, 0.05) is 20.6 Å². The van der Waals surface area contributed by atoms with Crippen LogP contribution in [0.2, 0.25) is 0 Å². The summed E-state index contributed by atoms with van der Waals surface area (Å²) in [4.78, 5) is 11.9. The van der Waals surface area contributed by atoms with E-state index in [2.05, 4.69) is 44.1 Å². The summed E-state index contributed by atoms with van der Waals surface area (Å²) in [6, 6.07) is 5.95. The Morgan fingerprint density at radius 3 is 2.31 bits per heavy atom. The zero-order chi connectivity index (χ0) is 11.7. The maximum atomic E-state index is 11.9. The minimum Gasteiger partial charge on any atom is -0.349 e. The van der Waals surface area contributed by atoms with Crippen LogP contribution in [0.15, 0.2) is 27.1 Å². The molecule has 1 fully saturated rings. The van der Waals surface area contributed by atoms with Gasteiger partial charge in [0.15, 0.2) is 0 Å². The number of hydrogen-bond donors (Lipinski definition) is 1. The van der Waals surface area contributed by atoms with Crippen molar-refractivity contribution in [1.82, 2.24) is 5.32 Å². The molecule has 0 spiro atoms. The molecule has 0 radical (unpaired) electrons. The average Bonchev–Trinajstić information content (AvgIpc) is 2.13. The first-order valence-electron chi connectivity index (χ1n) is 5.31. The predicted octanol–water partition coefficient (Wildman–Crippen LogP) is 3.74. The minimum atomic E-state index is 0.0129. The van der Waals surface area contributed by atoms with Crippen molar-refractivity contribution in [2.24, 2.45) is 5.92 Å². The Hall–Kier alpha value is -0.350. The van der Waals surface area contributed by atoms with Gasteiger partial charge in [0.1, 0.15) is 0 Å². The van der Waals surface area contributed by atoms with Crippen LogP contribution in [0.4, 0.5) is 0 Å². The predicted molar refractivity (Wildman–Crippen MR) is 71.5 cm³/mol. The summed E-state index contributed by atoms with van der Waals surface area (Å²) < 4.78 is 1.82. The molecule has 4 heteroatoms. The van der Waals surface area contributed by atoms with Crippen LogP contribution in [0, 0.1) is 5.92 Å². The highest BCUT2D eigenvalue weighted by molar-refractivity contribution is 9.11. The lowest BCUT2D eigenvalue weighted by atomic mass is 9.82. The first-order chi connectivity index (χ1) is 7.54. The van der Waals surface area contributed by atoms with Crippen molar-refractivity contribution < 1.29 is 4.79 Å². The first kappa shape index (κ1) is 12.1. The van der Waals surface area contributed by atoms with Gasteiger partial charge in [0.25, 0.3) is 5.91 Å². The van der Waals surface area contributed by atoms with Crippen molar-refractivity contribution >= 4 is 37.8 Å². The van der Waals surface area contributed by atoms with Gasteiger partial charge in [0.2, 0.25) is 0 Å². The van der Waals surface area contributed by atoms with E-state index in [-0.39, 0.29) is 5.91 Å². The zero-order valence-electron chi connectivity index (χ0n) is 8.97. The summed E-state index contributed by atoms with van der Waals surface area (Å²) in [6.45, 7) is 2.21. The van der Waals surface area contributed by atoms with E-state index in [0.717, 1.165) is 27.7 Å². The van der Waals surface area contributed by atoms with Gasteiger partial charge in [-0.15, -0.1) is 0 Å². The fourth-order valence-electron chi connectivity index (χ4n) is 1.97. The molecule has 0 aliphatic heterocycles. The molecule has 1 amide bonds. The third kappa shape index (κ3) is 2.86. The highest BCUT2D eigenvalue weighted by atomic mass is 79.9. The Kier molecular flexibility index (Phi) is 3.70. The molecule has 1 aliphatic rings. The summed E-state index contributed by atoms with van der Waals surface area (Å²) in [6.07, 6.45) is 2.20. The third-order valence-electron chi connectivity index (χ3n) is 2.83. The molecule has 1 aromatic carbocycles. The molecule has 0 bridgehead atoms. The molecular weight excluding hydrogens is 334 g/mol. The Bertz CT molecular complexity index is 393. The fraction of sp³-hybridized carbons (Fsp3) is 0.417. The summed E-state index contributed by atoms with van der Waals surface area (Å²) in [5.74, 6) is 0.762. The van der Waals surface area contributed by atoms with Crippen LogP contribution in [-0.2, 0) is 0 Å². The number of carbonyl (C=O) groups is 1. The van der Waals surface area contributed by atoms with Crippen LogP contribution in [0.3, 0.4) is 0 Å². The first-order valence-corrected chi connectivity index (χ1v) is 6.90. The maximum Gasteiger partial charge on any atom is 0.251 e. The third-order valence-corrected chi connectivity index (χ3v) is 3.75. The van der Waals surface area contributed by atoms with E-state index in [4.69, 9.17) is 0 Å². The molecule has 86 valence electrons. The van der Waals surface area contributed by atoms with Gasteiger partial charge >= 0.3 is 0 Å². The quantitative estimate of drug-likeness (QED) is 0.868. The molecular formula is C12H13Br2NO. The number of amides is 1. The monoisotopic (exact) mass is 345 g/mol. The molecule has 0 saturated heterocycles. The second kappa shape index (κ2) is 4.88. The molecule has 1 N–H and O–H groups in total. The summed E-state index contributed by atoms with van der Waals surface area (Å²) in [5.41, 5.74) is 0.695. The van der Waals surface area contributed by atoms with Crippen LogP contribution in [-0.4, -0.2) is 11.9 Å². The lowest BCUT2D eigenvalue weighted by molar-refractivity contribution is 0.0896. The lowest BCUT2D eigenvalue weighted by Gasteiger charge is -2.33. The average molecular weight is 347 g/mol. The largest absolute Gasteiger partial charge is 0.349 e. The van der Waals surface area contributed by atoms with Gasteiger partial charge in [-0.3, -0.25) is 4.79 Å². The van der Waals surface area contributed by atoms with Crippen molar-refractivity contribution in [3.8, 4) is 0 Å². The number of carbonyl (C=O) groups excluding carboxylic acids is 1. The molecule has 0 heterocycles. The number of nitrogens with one attached hydrogen (secondary N) is 1. The molecule has 2 rings (SSSR count). The molecule has 1 saturated carbocycles. The van der Waals surface area contributed by atoms with Crippen molar-refractivity contribution in [3.05, 3.63) is 32.7 Å². The molecule has 2 nitrogen and oxygen atoms in total. The second-order valence-corrected chi connectivity index (χ2v) is 6.24. The summed E-state index contributed by atoms with van der Waals surface area (Å²) in [5, 5.41) is 3.04. The van der Waals surface area contributed by atoms with Crippen molar-refractivity contribution in [2.45, 2.75) is 25.8 Å². The van der Waals surface area contributed by atoms with E-state index in [1.165, 1.54) is 0 Å². The number of rotatable bonds is 2. The second-order valence-electron chi connectivity index (χ2n) is 4.41. The summed E-state index contributed by atoms with van der Waals surface area (Å²) >= 11 is 6.76. The fourth-order valence-corrected chi connectivity index (χ4v) is 3.27. The highest BCUT2D eigenvalue weighted by Gasteiger charge is 2.26. The van der Waals surface area contributed by atoms with E-state index in [0.29, 0.717) is 11.6 Å². The summed E-state index contributed by atoms with van der Waals surface area (Å²) in [7, 11) is 0. The van der Waals surface area contributed by atoms with E-state index in [9.17, 15) is 4.79 Å². The van der Waals surface area contributed by atoms with Gasteiger partial charge in [-0.1, -0.05) is 38.8 Å². The SMILES string of the molecule is CC1CC(NC(=O)c2cc(Br)cc(Br)c2)C1. The zero-order valence-corrected chi connectivity index (χ0v) is 12.1. The normalized spacial score (nSPS) is 23.7. The highest BCUT2D eigenvalue weighted by Crippen LogP contribution is 2.27. The van der Waals surface area contributed by atoms with Crippen molar-refractivity contribution in [3.63, 3.8) is 0 Å². The van der Waals surface area contributed by atoms with E-state index in [1.54, 1.807) is 0 Å². The Morgan fingerprint density at radius 1 is 1.25 bits per heavy atom. The van der Waals surface area contributed by atoms with Crippen molar-refractivity contribution in [1.29, 1.82) is 0 Å². The lowest BCUT2D eigenvalue weighted by Crippen LogP contribution is -2.43. The van der Waals surface area contributed by atoms with E-state index >= 15 is 0 Å². The topological polar surface area (TPSA) is 29.1 Å². The van der Waals surface area contributed by atoms with Gasteiger partial charge in [0.05, 0.1) is 0 Å². The van der Waals surface area contributed by atoms with Crippen LogP contribution < -0.4 is 5.32 Å². The van der Waals surface area contributed by atoms with Crippen LogP contribution in [0.1, 0.15) is 30.1 Å². The molecule has 0 unspecified atom stereocenters.